The number of Topliss-reactive ketones (excluding diaryl/α,β-unsaturated/α-hetero) is 2. The fraction of sp³-hybridized carbons (Fsp3) is 0.435. The minimum absolute atomic E-state index is 0.00834. The summed E-state index contributed by atoms with van der Waals surface area (Å²) in [5.41, 5.74) is 1.94. The fourth-order valence-corrected chi connectivity index (χ4v) is 5.72. The number of aliphatic hydroxyl groups excluding tert-OH is 3. The topological polar surface area (TPSA) is 182 Å². The zero-order valence-corrected chi connectivity index (χ0v) is 18.5. The van der Waals surface area contributed by atoms with Crippen molar-refractivity contribution in [3.63, 3.8) is 0 Å². The van der Waals surface area contributed by atoms with Crippen LogP contribution in [0.2, 0.25) is 0 Å². The first-order valence-corrected chi connectivity index (χ1v) is 10.4. The van der Waals surface area contributed by atoms with Gasteiger partial charge in [-0.2, -0.15) is 0 Å². The van der Waals surface area contributed by atoms with E-state index in [0.717, 1.165) is 0 Å². The number of aryl methyl sites for hydroxylation is 1. The molecule has 1 fully saturated rings. The molecule has 176 valence electrons. The van der Waals surface area contributed by atoms with Gasteiger partial charge in [0.15, 0.2) is 11.4 Å². The average Bonchev–Trinajstić information content (AvgIpc) is 2.72. The third-order valence-corrected chi connectivity index (χ3v) is 7.33. The number of rotatable bonds is 2. The Kier molecular flexibility index (Phi) is 4.97. The lowest BCUT2D eigenvalue weighted by Crippen LogP contribution is -2.70. The zero-order valence-electron chi connectivity index (χ0n) is 18.5. The number of amides is 1. The lowest BCUT2D eigenvalue weighted by Gasteiger charge is -2.53. The van der Waals surface area contributed by atoms with E-state index >= 15 is 0 Å². The Morgan fingerprint density at radius 2 is 1.76 bits per heavy atom. The van der Waals surface area contributed by atoms with E-state index in [1.807, 2.05) is 0 Å². The Hall–Kier alpha value is -3.21. The number of likely N-dealkylation sites (N-methyl/N-ethyl adjacent to an activating group) is 1. The molecule has 0 radical (unpaired) electrons. The number of nitrogens with two attached hydrogens (primary N) is 1. The summed E-state index contributed by atoms with van der Waals surface area (Å²) in [6, 6.07) is 1.94. The largest absolute Gasteiger partial charge is 0.508 e. The summed E-state index contributed by atoms with van der Waals surface area (Å²) in [5.74, 6) is -8.82. The molecule has 1 aromatic carbocycles. The molecule has 6 atom stereocenters. The highest BCUT2D eigenvalue weighted by atomic mass is 16.4. The highest BCUT2D eigenvalue weighted by Crippen LogP contribution is 2.56. The number of ketones is 2. The van der Waals surface area contributed by atoms with Crippen LogP contribution in [-0.4, -0.2) is 79.7 Å². The first-order chi connectivity index (χ1) is 15.3. The normalized spacial score (nSPS) is 33.7. The van der Waals surface area contributed by atoms with Gasteiger partial charge in [-0.25, -0.2) is 0 Å². The van der Waals surface area contributed by atoms with Crippen molar-refractivity contribution in [3.8, 4) is 5.75 Å². The van der Waals surface area contributed by atoms with E-state index in [0.29, 0.717) is 11.1 Å². The second-order valence-electron chi connectivity index (χ2n) is 9.24. The van der Waals surface area contributed by atoms with Crippen LogP contribution in [0.25, 0.3) is 5.76 Å². The Morgan fingerprint density at radius 3 is 2.30 bits per heavy atom. The smallest absolute Gasteiger partial charge is 0.255 e. The molecule has 3 unspecified atom stereocenters. The summed E-state index contributed by atoms with van der Waals surface area (Å²) in [6.07, 6.45) is -1.59. The molecule has 1 aromatic rings. The molecule has 0 aromatic heterocycles. The van der Waals surface area contributed by atoms with Crippen LogP contribution in [-0.2, 0) is 14.4 Å². The molecule has 0 heterocycles. The third kappa shape index (κ3) is 2.68. The third-order valence-electron chi connectivity index (χ3n) is 7.33. The Morgan fingerprint density at radius 1 is 1.15 bits per heavy atom. The van der Waals surface area contributed by atoms with E-state index in [1.54, 1.807) is 26.0 Å². The molecule has 0 bridgehead atoms. The lowest BCUT2D eigenvalue weighted by atomic mass is 9.54. The predicted octanol–water partition coefficient (Wildman–Crippen LogP) is -0.196. The molecule has 4 rings (SSSR count). The van der Waals surface area contributed by atoms with Gasteiger partial charge in [-0.15, -0.1) is 0 Å². The second-order valence-corrected chi connectivity index (χ2v) is 9.24. The van der Waals surface area contributed by atoms with E-state index in [-0.39, 0.29) is 11.3 Å². The first kappa shape index (κ1) is 23.0. The van der Waals surface area contributed by atoms with Crippen molar-refractivity contribution in [3.05, 3.63) is 45.7 Å². The number of carbonyl (C=O) groups is 3. The second kappa shape index (κ2) is 7.14. The highest BCUT2D eigenvalue weighted by Gasteiger charge is 2.68. The number of fused-ring (bicyclic) bond motifs is 3. The number of aromatic hydroxyl groups is 1. The van der Waals surface area contributed by atoms with Gasteiger partial charge in [-0.3, -0.25) is 19.3 Å². The number of phenols is 1. The molecule has 33 heavy (non-hydrogen) atoms. The maximum atomic E-state index is 13.7. The van der Waals surface area contributed by atoms with Crippen molar-refractivity contribution in [1.29, 1.82) is 0 Å². The standard InChI is InChI=1S/C23H26N2O8/c1-7-5-6-9-8(2)10-12(17(27)11(9)16(7)26)20(30)23(33)14(18(10)28)15(25(3)4)19(29)13(21(23)31)22(24)32/h5-6,8,10,14-15,18,26-28,31,33H,1-4H3,(H2,24,32)/t8-,10?,14?,15-,18?,23-/m0/s1. The van der Waals surface area contributed by atoms with Crippen LogP contribution in [0, 0.1) is 18.8 Å². The monoisotopic (exact) mass is 458 g/mol. The summed E-state index contributed by atoms with van der Waals surface area (Å²) in [4.78, 5) is 40.1. The number of phenolic OH excluding ortho intramolecular Hbond substituents is 1. The van der Waals surface area contributed by atoms with Crippen LogP contribution < -0.4 is 5.73 Å². The molecule has 0 aliphatic heterocycles. The summed E-state index contributed by atoms with van der Waals surface area (Å²) in [5, 5.41) is 55.5. The van der Waals surface area contributed by atoms with Gasteiger partial charge in [0.05, 0.1) is 23.6 Å². The molecule has 10 nitrogen and oxygen atoms in total. The maximum Gasteiger partial charge on any atom is 0.255 e. The molecular formula is C23H26N2O8. The minimum Gasteiger partial charge on any atom is -0.508 e. The van der Waals surface area contributed by atoms with Crippen molar-refractivity contribution >= 4 is 23.2 Å². The van der Waals surface area contributed by atoms with E-state index in [2.05, 4.69) is 0 Å². The van der Waals surface area contributed by atoms with E-state index in [4.69, 9.17) is 5.73 Å². The molecule has 1 saturated carbocycles. The molecule has 0 spiro atoms. The predicted molar refractivity (Wildman–Crippen MR) is 115 cm³/mol. The van der Waals surface area contributed by atoms with Crippen molar-refractivity contribution in [2.24, 2.45) is 17.6 Å². The van der Waals surface area contributed by atoms with Crippen molar-refractivity contribution in [2.75, 3.05) is 14.1 Å². The van der Waals surface area contributed by atoms with Gasteiger partial charge < -0.3 is 31.3 Å². The summed E-state index contributed by atoms with van der Waals surface area (Å²) < 4.78 is 0. The fourth-order valence-electron chi connectivity index (χ4n) is 5.72. The molecule has 0 saturated heterocycles. The Balaban J connectivity index is 2.07. The molecule has 3 aliphatic carbocycles. The van der Waals surface area contributed by atoms with E-state index in [9.17, 15) is 39.9 Å². The number of benzene rings is 1. The minimum atomic E-state index is -2.90. The first-order valence-electron chi connectivity index (χ1n) is 10.4. The molecule has 7 N–H and O–H groups in total. The Bertz CT molecular complexity index is 1180. The van der Waals surface area contributed by atoms with Crippen LogP contribution in [0.4, 0.5) is 0 Å². The van der Waals surface area contributed by atoms with E-state index < -0.39 is 75.6 Å². The van der Waals surface area contributed by atoms with Crippen LogP contribution in [0.15, 0.2) is 29.0 Å². The van der Waals surface area contributed by atoms with Crippen molar-refractivity contribution in [2.45, 2.75) is 37.5 Å². The number of nitrogens with zero attached hydrogens (tertiary/aromatic N) is 1. The quantitative estimate of drug-likeness (QED) is 0.327. The SMILES string of the molecule is Cc1ccc2c(c1O)C(O)=C1C(=O)[C@]3(O)C(O)=C(C(N)=O)C(=O)[C@@H](N(C)C)C3C(O)C1[C@H]2C. The molecular weight excluding hydrogens is 432 g/mol. The number of primary amides is 1. The average molecular weight is 458 g/mol. The van der Waals surface area contributed by atoms with Gasteiger partial charge in [0, 0.05) is 11.5 Å². The number of aliphatic hydroxyl groups is 4. The maximum absolute atomic E-state index is 13.7. The summed E-state index contributed by atoms with van der Waals surface area (Å²) in [7, 11) is 2.93. The zero-order chi connectivity index (χ0) is 24.7. The van der Waals surface area contributed by atoms with Crippen molar-refractivity contribution in [1.82, 2.24) is 4.90 Å². The van der Waals surface area contributed by atoms with Gasteiger partial charge in [-0.05, 0) is 38.1 Å². The van der Waals surface area contributed by atoms with Crippen LogP contribution >= 0.6 is 0 Å². The van der Waals surface area contributed by atoms with Gasteiger partial charge in [-0.1, -0.05) is 19.1 Å². The molecule has 1 amide bonds. The Labute approximate surface area is 189 Å². The van der Waals surface area contributed by atoms with Crippen LogP contribution in [0.5, 0.6) is 5.75 Å². The van der Waals surface area contributed by atoms with Crippen molar-refractivity contribution < 1.29 is 39.9 Å². The van der Waals surface area contributed by atoms with Gasteiger partial charge >= 0.3 is 0 Å². The van der Waals surface area contributed by atoms with E-state index in [1.165, 1.54) is 19.0 Å². The number of carbonyl (C=O) groups excluding carboxylic acids is 3. The van der Waals surface area contributed by atoms with Gasteiger partial charge in [0.1, 0.15) is 22.8 Å². The number of hydrogen-bond donors (Lipinski definition) is 6. The lowest BCUT2D eigenvalue weighted by molar-refractivity contribution is -0.169. The highest BCUT2D eigenvalue weighted by molar-refractivity contribution is 6.24. The summed E-state index contributed by atoms with van der Waals surface area (Å²) in [6.45, 7) is 3.29. The molecule has 10 heteroatoms. The molecule has 3 aliphatic rings. The summed E-state index contributed by atoms with van der Waals surface area (Å²) >= 11 is 0. The van der Waals surface area contributed by atoms with Crippen LogP contribution in [0.1, 0.15) is 29.5 Å². The van der Waals surface area contributed by atoms with Gasteiger partial charge in [0.25, 0.3) is 5.91 Å². The van der Waals surface area contributed by atoms with Crippen LogP contribution in [0.3, 0.4) is 0 Å². The number of hydrogen-bond acceptors (Lipinski definition) is 9. The van der Waals surface area contributed by atoms with Gasteiger partial charge in [0.2, 0.25) is 5.78 Å².